The molecule has 1 aromatic heterocycles. The first kappa shape index (κ1) is 30.1. The predicted octanol–water partition coefficient (Wildman–Crippen LogP) is 10.4. The predicted molar refractivity (Wildman–Crippen MR) is 153 cm³/mol. The lowest BCUT2D eigenvalue weighted by Gasteiger charge is -2.12. The number of unbranched alkanes of at least 4 members (excludes halogenated alkanes) is 14. The van der Waals surface area contributed by atoms with Crippen molar-refractivity contribution in [3.63, 3.8) is 0 Å². The lowest BCUT2D eigenvalue weighted by molar-refractivity contribution is -0.384. The van der Waals surface area contributed by atoms with Gasteiger partial charge in [0.15, 0.2) is 11.5 Å². The Hall–Kier alpha value is -2.08. The molecule has 0 N–H and O–H groups in total. The second kappa shape index (κ2) is 19.1. The number of nitro benzene ring substituents is 1. The maximum absolute atomic E-state index is 11.0. The fourth-order valence-electron chi connectivity index (χ4n) is 4.33. The van der Waals surface area contributed by atoms with Gasteiger partial charge >= 0.3 is 0 Å². The van der Waals surface area contributed by atoms with Crippen LogP contribution in [0.4, 0.5) is 5.69 Å². The molecular formula is C30H47NO4S. The highest BCUT2D eigenvalue weighted by molar-refractivity contribution is 7.14. The Kier molecular flexibility index (Phi) is 16.0. The molecule has 0 amide bonds. The SMILES string of the molecule is CCCCCCCCCCOc1csc(-c2ccc([N+](=O)[O-])cc2)c1OCCCCCCCCCC. The molecular weight excluding hydrogens is 470 g/mol. The summed E-state index contributed by atoms with van der Waals surface area (Å²) in [5.41, 5.74) is 1.03. The third kappa shape index (κ3) is 11.8. The first-order valence-electron chi connectivity index (χ1n) is 14.3. The molecule has 0 saturated heterocycles. The molecule has 0 spiro atoms. The summed E-state index contributed by atoms with van der Waals surface area (Å²) in [7, 11) is 0. The third-order valence-corrected chi connectivity index (χ3v) is 7.54. The Morgan fingerprint density at radius 2 is 1.17 bits per heavy atom. The zero-order valence-corrected chi connectivity index (χ0v) is 23.4. The zero-order chi connectivity index (χ0) is 25.8. The van der Waals surface area contributed by atoms with Gasteiger partial charge in [0.05, 0.1) is 23.0 Å². The maximum atomic E-state index is 11.0. The Balaban J connectivity index is 1.86. The van der Waals surface area contributed by atoms with Crippen LogP contribution in [0.3, 0.4) is 0 Å². The van der Waals surface area contributed by atoms with E-state index in [1.165, 1.54) is 89.9 Å². The maximum Gasteiger partial charge on any atom is 0.269 e. The van der Waals surface area contributed by atoms with Crippen LogP contribution in [0, 0.1) is 10.1 Å². The number of benzene rings is 1. The normalized spacial score (nSPS) is 11.1. The highest BCUT2D eigenvalue weighted by atomic mass is 32.1. The largest absolute Gasteiger partial charge is 0.489 e. The Labute approximate surface area is 222 Å². The standard InChI is InChI=1S/C30H47NO4S/c1-3-5-7-9-11-13-15-17-23-34-28-25-36-30(26-19-21-27(22-20-26)31(32)33)29(28)35-24-18-16-14-12-10-8-6-4-2/h19-22,25H,3-18,23-24H2,1-2H3. The van der Waals surface area contributed by atoms with Gasteiger partial charge in [0.1, 0.15) is 0 Å². The van der Waals surface area contributed by atoms with Gasteiger partial charge in [-0.1, -0.05) is 104 Å². The topological polar surface area (TPSA) is 61.6 Å². The van der Waals surface area contributed by atoms with Crippen molar-refractivity contribution in [2.75, 3.05) is 13.2 Å². The van der Waals surface area contributed by atoms with Crippen LogP contribution >= 0.6 is 11.3 Å². The van der Waals surface area contributed by atoms with Crippen molar-refractivity contribution in [2.45, 2.75) is 117 Å². The quantitative estimate of drug-likeness (QED) is 0.0885. The van der Waals surface area contributed by atoms with E-state index in [0.717, 1.165) is 34.8 Å². The molecule has 0 atom stereocenters. The van der Waals surface area contributed by atoms with Crippen LogP contribution in [0.1, 0.15) is 117 Å². The lowest BCUT2D eigenvalue weighted by Crippen LogP contribution is -2.02. The van der Waals surface area contributed by atoms with Gasteiger partial charge in [-0.15, -0.1) is 11.3 Å². The number of ether oxygens (including phenoxy) is 2. The van der Waals surface area contributed by atoms with Gasteiger partial charge in [0, 0.05) is 17.5 Å². The van der Waals surface area contributed by atoms with Crippen molar-refractivity contribution in [1.29, 1.82) is 0 Å². The molecule has 0 aliphatic carbocycles. The molecule has 0 radical (unpaired) electrons. The number of non-ortho nitro benzene ring substituents is 1. The van der Waals surface area contributed by atoms with Crippen LogP contribution in [-0.4, -0.2) is 18.1 Å². The highest BCUT2D eigenvalue weighted by Gasteiger charge is 2.17. The minimum absolute atomic E-state index is 0.0999. The molecule has 5 nitrogen and oxygen atoms in total. The van der Waals surface area contributed by atoms with E-state index in [1.807, 2.05) is 5.38 Å². The zero-order valence-electron chi connectivity index (χ0n) is 22.6. The lowest BCUT2D eigenvalue weighted by atomic mass is 10.1. The van der Waals surface area contributed by atoms with E-state index in [2.05, 4.69) is 13.8 Å². The molecule has 0 saturated carbocycles. The van der Waals surface area contributed by atoms with Crippen LogP contribution in [0.5, 0.6) is 11.5 Å². The molecule has 2 rings (SSSR count). The van der Waals surface area contributed by atoms with Crippen molar-refractivity contribution in [1.82, 2.24) is 0 Å². The Morgan fingerprint density at radius 1 is 0.694 bits per heavy atom. The molecule has 36 heavy (non-hydrogen) atoms. The van der Waals surface area contributed by atoms with Gasteiger partial charge < -0.3 is 9.47 Å². The second-order valence-electron chi connectivity index (χ2n) is 9.71. The molecule has 6 heteroatoms. The van der Waals surface area contributed by atoms with E-state index in [9.17, 15) is 10.1 Å². The van der Waals surface area contributed by atoms with Crippen molar-refractivity contribution < 1.29 is 14.4 Å². The van der Waals surface area contributed by atoms with Crippen LogP contribution in [0.25, 0.3) is 10.4 Å². The summed E-state index contributed by atoms with van der Waals surface area (Å²) < 4.78 is 12.4. The summed E-state index contributed by atoms with van der Waals surface area (Å²) in [5.74, 6) is 1.59. The third-order valence-electron chi connectivity index (χ3n) is 6.55. The van der Waals surface area contributed by atoms with Crippen LogP contribution in [0.15, 0.2) is 29.6 Å². The molecule has 2 aromatic rings. The fraction of sp³-hybridized carbons (Fsp3) is 0.667. The first-order valence-corrected chi connectivity index (χ1v) is 15.2. The van der Waals surface area contributed by atoms with Gasteiger partial charge in [0.25, 0.3) is 5.69 Å². The number of rotatable bonds is 22. The van der Waals surface area contributed by atoms with Crippen LogP contribution in [-0.2, 0) is 0 Å². The Bertz CT molecular complexity index is 834. The molecule has 1 aromatic carbocycles. The first-order chi connectivity index (χ1) is 17.7. The average molecular weight is 518 g/mol. The smallest absolute Gasteiger partial charge is 0.269 e. The van der Waals surface area contributed by atoms with Gasteiger partial charge in [0.2, 0.25) is 0 Å². The highest BCUT2D eigenvalue weighted by Crippen LogP contribution is 2.44. The minimum Gasteiger partial charge on any atom is -0.489 e. The fourth-order valence-corrected chi connectivity index (χ4v) is 5.27. The van der Waals surface area contributed by atoms with E-state index >= 15 is 0 Å². The van der Waals surface area contributed by atoms with E-state index in [1.54, 1.807) is 35.6 Å². The molecule has 0 aliphatic heterocycles. The number of hydrogen-bond acceptors (Lipinski definition) is 5. The van der Waals surface area contributed by atoms with Crippen LogP contribution < -0.4 is 9.47 Å². The minimum atomic E-state index is -0.365. The molecule has 202 valence electrons. The van der Waals surface area contributed by atoms with Gasteiger partial charge in [-0.2, -0.15) is 0 Å². The summed E-state index contributed by atoms with van der Waals surface area (Å²) >= 11 is 1.58. The summed E-state index contributed by atoms with van der Waals surface area (Å²) in [4.78, 5) is 11.7. The number of nitrogens with zero attached hydrogens (tertiary/aromatic N) is 1. The summed E-state index contributed by atoms with van der Waals surface area (Å²) in [6.45, 7) is 5.86. The van der Waals surface area contributed by atoms with Crippen molar-refractivity contribution >= 4 is 17.0 Å². The monoisotopic (exact) mass is 517 g/mol. The molecule has 0 fully saturated rings. The van der Waals surface area contributed by atoms with Gasteiger partial charge in [-0.25, -0.2) is 0 Å². The van der Waals surface area contributed by atoms with Crippen molar-refractivity contribution in [3.05, 3.63) is 39.8 Å². The summed E-state index contributed by atoms with van der Waals surface area (Å²) in [5, 5.41) is 13.1. The number of thiophene rings is 1. The van der Waals surface area contributed by atoms with Gasteiger partial charge in [-0.3, -0.25) is 10.1 Å². The van der Waals surface area contributed by atoms with Gasteiger partial charge in [-0.05, 0) is 30.5 Å². The molecule has 0 aliphatic rings. The van der Waals surface area contributed by atoms with E-state index in [-0.39, 0.29) is 10.6 Å². The molecule has 0 bridgehead atoms. The second-order valence-corrected chi connectivity index (χ2v) is 10.6. The molecule has 0 unspecified atom stereocenters. The summed E-state index contributed by atoms with van der Waals surface area (Å²) in [6, 6.07) is 6.71. The number of nitro groups is 1. The van der Waals surface area contributed by atoms with Crippen LogP contribution in [0.2, 0.25) is 0 Å². The van der Waals surface area contributed by atoms with Crippen molar-refractivity contribution in [3.8, 4) is 21.9 Å². The summed E-state index contributed by atoms with van der Waals surface area (Å²) in [6.07, 6.45) is 20.2. The average Bonchev–Trinajstić information content (AvgIpc) is 3.29. The van der Waals surface area contributed by atoms with E-state index < -0.39 is 0 Å². The van der Waals surface area contributed by atoms with Crippen molar-refractivity contribution in [2.24, 2.45) is 0 Å². The Morgan fingerprint density at radius 3 is 1.67 bits per heavy atom. The van der Waals surface area contributed by atoms with E-state index in [0.29, 0.717) is 13.2 Å². The number of hydrogen-bond donors (Lipinski definition) is 0. The van der Waals surface area contributed by atoms with E-state index in [4.69, 9.17) is 9.47 Å². The molecule has 1 heterocycles.